The van der Waals surface area contributed by atoms with Crippen LogP contribution in [0, 0.1) is 6.92 Å². The highest BCUT2D eigenvalue weighted by atomic mass is 16.5. The number of benzene rings is 1. The van der Waals surface area contributed by atoms with E-state index < -0.39 is 12.1 Å². The molecule has 17 heavy (non-hydrogen) atoms. The predicted molar refractivity (Wildman–Crippen MR) is 63.9 cm³/mol. The largest absolute Gasteiger partial charge is 0.494 e. The zero-order valence-electron chi connectivity index (χ0n) is 9.89. The van der Waals surface area contributed by atoms with Crippen LogP contribution in [0.1, 0.15) is 23.7 Å². The Bertz CT molecular complexity index is 343. The Kier molecular flexibility index (Phi) is 5.49. The number of aliphatic hydroxyl groups excluding tert-OH is 1. The van der Waals surface area contributed by atoms with E-state index in [-0.39, 0.29) is 6.61 Å². The number of ether oxygens (including phenoxy) is 2. The minimum Gasteiger partial charge on any atom is -0.494 e. The number of aliphatic hydroxyl groups is 1. The minimum atomic E-state index is -0.897. The van der Waals surface area contributed by atoms with Crippen molar-refractivity contribution in [2.75, 3.05) is 13.2 Å². The van der Waals surface area contributed by atoms with E-state index in [1.807, 2.05) is 6.92 Å². The molecule has 0 aliphatic heterocycles. The van der Waals surface area contributed by atoms with Crippen molar-refractivity contribution in [3.63, 3.8) is 0 Å². The maximum atomic E-state index is 11.5. The Hall–Kier alpha value is -1.55. The molecule has 0 aliphatic rings. The van der Waals surface area contributed by atoms with E-state index in [2.05, 4.69) is 6.92 Å². The molecule has 0 saturated carbocycles. The van der Waals surface area contributed by atoms with E-state index >= 15 is 0 Å². The van der Waals surface area contributed by atoms with Crippen molar-refractivity contribution in [2.24, 2.45) is 0 Å². The van der Waals surface area contributed by atoms with Crippen LogP contribution >= 0.6 is 0 Å². The zero-order valence-corrected chi connectivity index (χ0v) is 9.89. The first-order valence-corrected chi connectivity index (χ1v) is 5.54. The molecule has 1 rings (SSSR count). The average molecular weight is 237 g/mol. The first kappa shape index (κ1) is 13.5. The normalized spacial score (nSPS) is 11.9. The summed E-state index contributed by atoms with van der Waals surface area (Å²) in [5, 5.41) is 8.88. The SMILES string of the molecule is [CH2]C(O)COC(=O)c1ccc(OCCC)cc1. The maximum Gasteiger partial charge on any atom is 0.338 e. The molecule has 1 N–H and O–H groups in total. The third-order valence-electron chi connectivity index (χ3n) is 1.97. The number of hydrogen-bond donors (Lipinski definition) is 1. The van der Waals surface area contributed by atoms with Gasteiger partial charge in [0.05, 0.1) is 18.3 Å². The van der Waals surface area contributed by atoms with Crippen LogP contribution in [0.15, 0.2) is 24.3 Å². The molecule has 93 valence electrons. The number of esters is 1. The van der Waals surface area contributed by atoms with Crippen LogP contribution in [0.2, 0.25) is 0 Å². The second kappa shape index (κ2) is 6.91. The van der Waals surface area contributed by atoms with Gasteiger partial charge in [0.25, 0.3) is 0 Å². The molecule has 0 fully saturated rings. The summed E-state index contributed by atoms with van der Waals surface area (Å²) in [5.74, 6) is 0.246. The molecule has 4 heteroatoms. The third-order valence-corrected chi connectivity index (χ3v) is 1.97. The lowest BCUT2D eigenvalue weighted by Crippen LogP contribution is -2.15. The fourth-order valence-electron chi connectivity index (χ4n) is 1.16. The molecule has 1 aromatic carbocycles. The summed E-state index contributed by atoms with van der Waals surface area (Å²) in [6, 6.07) is 6.69. The van der Waals surface area contributed by atoms with Gasteiger partial charge in [-0.1, -0.05) is 6.92 Å². The van der Waals surface area contributed by atoms with Gasteiger partial charge in [0, 0.05) is 0 Å². The molecule has 1 aromatic rings. The summed E-state index contributed by atoms with van der Waals surface area (Å²) in [5.41, 5.74) is 0.425. The third kappa shape index (κ3) is 4.87. The molecule has 0 aromatic heterocycles. The van der Waals surface area contributed by atoms with Crippen LogP contribution in [-0.2, 0) is 4.74 Å². The van der Waals surface area contributed by atoms with E-state index in [1.54, 1.807) is 24.3 Å². The molecule has 0 spiro atoms. The summed E-state index contributed by atoms with van der Waals surface area (Å²) in [7, 11) is 0. The van der Waals surface area contributed by atoms with Crippen molar-refractivity contribution in [1.82, 2.24) is 0 Å². The quantitative estimate of drug-likeness (QED) is 0.767. The highest BCUT2D eigenvalue weighted by Gasteiger charge is 2.08. The molecule has 0 aliphatic carbocycles. The smallest absolute Gasteiger partial charge is 0.338 e. The van der Waals surface area contributed by atoms with Crippen LogP contribution < -0.4 is 4.74 Å². The van der Waals surface area contributed by atoms with E-state index in [0.717, 1.165) is 12.2 Å². The topological polar surface area (TPSA) is 55.8 Å². The van der Waals surface area contributed by atoms with Crippen molar-refractivity contribution < 1.29 is 19.4 Å². The van der Waals surface area contributed by atoms with Crippen LogP contribution in [0.4, 0.5) is 0 Å². The molecular weight excluding hydrogens is 220 g/mol. The van der Waals surface area contributed by atoms with Crippen LogP contribution in [0.3, 0.4) is 0 Å². The highest BCUT2D eigenvalue weighted by Crippen LogP contribution is 2.13. The van der Waals surface area contributed by atoms with Crippen LogP contribution in [0.5, 0.6) is 5.75 Å². The predicted octanol–water partition coefficient (Wildman–Crippen LogP) is 1.83. The molecule has 0 saturated heterocycles. The lowest BCUT2D eigenvalue weighted by atomic mass is 10.2. The van der Waals surface area contributed by atoms with E-state index in [9.17, 15) is 4.79 Å². The van der Waals surface area contributed by atoms with Gasteiger partial charge in [-0.3, -0.25) is 0 Å². The van der Waals surface area contributed by atoms with Gasteiger partial charge in [-0.25, -0.2) is 4.79 Å². The number of hydrogen-bond acceptors (Lipinski definition) is 4. The van der Waals surface area contributed by atoms with Gasteiger partial charge < -0.3 is 14.6 Å². The molecule has 4 nitrogen and oxygen atoms in total. The van der Waals surface area contributed by atoms with Gasteiger partial charge in [-0.15, -0.1) is 0 Å². The van der Waals surface area contributed by atoms with Gasteiger partial charge in [0.1, 0.15) is 12.4 Å². The molecular formula is C13H17O4. The van der Waals surface area contributed by atoms with Gasteiger partial charge >= 0.3 is 5.97 Å². The van der Waals surface area contributed by atoms with Gasteiger partial charge in [0.15, 0.2) is 0 Å². The summed E-state index contributed by atoms with van der Waals surface area (Å²) in [6.45, 7) is 5.88. The fourth-order valence-corrected chi connectivity index (χ4v) is 1.16. The minimum absolute atomic E-state index is 0.104. The Morgan fingerprint density at radius 2 is 2.06 bits per heavy atom. The fraction of sp³-hybridized carbons (Fsp3) is 0.385. The second-order valence-corrected chi connectivity index (χ2v) is 3.63. The zero-order chi connectivity index (χ0) is 12.7. The first-order chi connectivity index (χ1) is 8.13. The molecule has 0 bridgehead atoms. The van der Waals surface area contributed by atoms with Gasteiger partial charge in [-0.2, -0.15) is 0 Å². The van der Waals surface area contributed by atoms with Crippen molar-refractivity contribution in [3.05, 3.63) is 36.8 Å². The summed E-state index contributed by atoms with van der Waals surface area (Å²) >= 11 is 0. The lowest BCUT2D eigenvalue weighted by molar-refractivity contribution is 0.0340. The van der Waals surface area contributed by atoms with Gasteiger partial charge in [-0.05, 0) is 37.6 Å². The van der Waals surface area contributed by atoms with Crippen LogP contribution in [0.25, 0.3) is 0 Å². The number of carbonyl (C=O) groups is 1. The van der Waals surface area contributed by atoms with Crippen molar-refractivity contribution in [3.8, 4) is 5.75 Å². The lowest BCUT2D eigenvalue weighted by Gasteiger charge is -2.07. The Morgan fingerprint density at radius 3 is 2.59 bits per heavy atom. The number of rotatable bonds is 6. The summed E-state index contributed by atoms with van der Waals surface area (Å²) in [6.07, 6.45) is 0.0386. The Balaban J connectivity index is 2.51. The van der Waals surface area contributed by atoms with E-state index in [4.69, 9.17) is 14.6 Å². The highest BCUT2D eigenvalue weighted by molar-refractivity contribution is 5.89. The van der Waals surface area contributed by atoms with Crippen LogP contribution in [-0.4, -0.2) is 30.4 Å². The second-order valence-electron chi connectivity index (χ2n) is 3.63. The first-order valence-electron chi connectivity index (χ1n) is 5.54. The number of carbonyl (C=O) groups excluding carboxylic acids is 1. The molecule has 1 atom stereocenters. The summed E-state index contributed by atoms with van der Waals surface area (Å²) < 4.78 is 10.2. The Morgan fingerprint density at radius 1 is 1.41 bits per heavy atom. The van der Waals surface area contributed by atoms with Gasteiger partial charge in [0.2, 0.25) is 0 Å². The molecule has 1 unspecified atom stereocenters. The van der Waals surface area contributed by atoms with E-state index in [1.165, 1.54) is 0 Å². The molecule has 1 radical (unpaired) electrons. The average Bonchev–Trinajstić information content (AvgIpc) is 2.34. The van der Waals surface area contributed by atoms with Crippen molar-refractivity contribution >= 4 is 5.97 Å². The monoisotopic (exact) mass is 237 g/mol. The molecule has 0 heterocycles. The van der Waals surface area contributed by atoms with E-state index in [0.29, 0.717) is 12.2 Å². The summed E-state index contributed by atoms with van der Waals surface area (Å²) in [4.78, 5) is 11.5. The maximum absolute atomic E-state index is 11.5. The van der Waals surface area contributed by atoms with Crippen molar-refractivity contribution in [2.45, 2.75) is 19.4 Å². The Labute approximate surface area is 101 Å². The van der Waals surface area contributed by atoms with Crippen molar-refractivity contribution in [1.29, 1.82) is 0 Å². The molecule has 0 amide bonds. The standard InChI is InChI=1S/C13H17O4/c1-3-8-16-12-6-4-11(5-7-12)13(15)17-9-10(2)14/h4-7,10,14H,2-3,8-9H2,1H3.